The van der Waals surface area contributed by atoms with Gasteiger partial charge in [-0.25, -0.2) is 4.39 Å². The number of hydrogen-bond acceptors (Lipinski definition) is 6. The Morgan fingerprint density at radius 1 is 1.05 bits per heavy atom. The van der Waals surface area contributed by atoms with Gasteiger partial charge in [-0.05, 0) is 31.0 Å². The van der Waals surface area contributed by atoms with E-state index in [9.17, 15) is 31.9 Å². The number of fused-ring (bicyclic) bond motifs is 1. The highest BCUT2D eigenvalue weighted by Gasteiger charge is 2.34. The molecule has 1 saturated heterocycles. The molecule has 2 heterocycles. The number of piperazine rings is 1. The second-order valence-electron chi connectivity index (χ2n) is 9.64. The number of quaternary nitrogens is 1. The van der Waals surface area contributed by atoms with Gasteiger partial charge in [-0.3, -0.25) is 14.4 Å². The number of carbonyl (C=O) groups excluding carboxylic acids is 4. The molecule has 3 aliphatic rings. The Kier molecular flexibility index (Phi) is 8.62. The van der Waals surface area contributed by atoms with E-state index in [1.54, 1.807) is 18.2 Å². The predicted molar refractivity (Wildman–Crippen MR) is 131 cm³/mol. The number of nitrogens with zero attached hydrogens (tertiary/aromatic N) is 3. The number of para-hydroxylation sites is 1. The molecule has 0 bridgehead atoms. The molecule has 2 amide bonds. The van der Waals surface area contributed by atoms with Gasteiger partial charge >= 0.3 is 6.18 Å². The second kappa shape index (κ2) is 11.9. The van der Waals surface area contributed by atoms with Crippen LogP contribution in [0.5, 0.6) is 0 Å². The molecule has 2 aromatic rings. The molecule has 1 atom stereocenters. The quantitative estimate of drug-likeness (QED) is 0.564. The molecule has 2 fully saturated rings. The number of rotatable bonds is 4. The van der Waals surface area contributed by atoms with Crippen LogP contribution in [-0.2, 0) is 16.1 Å². The van der Waals surface area contributed by atoms with Crippen LogP contribution in [0.4, 0.5) is 23.2 Å². The van der Waals surface area contributed by atoms with Crippen molar-refractivity contribution in [2.45, 2.75) is 44.4 Å². The molecule has 0 radical (unpaired) electrons. The normalized spacial score (nSPS) is 19.2. The SMILES string of the molecule is O=C([O-])C(F)(F)F.O=C1C=N[NH+](Cc2ccc(F)c(C(=O)N3CCN(C4CCCC4)C(=O)C3)c2)c2ccccc21. The van der Waals surface area contributed by atoms with E-state index in [1.165, 1.54) is 23.2 Å². The van der Waals surface area contributed by atoms with Gasteiger partial charge in [0.05, 0.1) is 11.1 Å². The number of alkyl halides is 3. The number of hydrogen-bond donors (Lipinski definition) is 1. The molecule has 1 N–H and O–H groups in total. The average molecular weight is 563 g/mol. The van der Waals surface area contributed by atoms with Crippen LogP contribution in [0.15, 0.2) is 47.6 Å². The first-order valence-electron chi connectivity index (χ1n) is 12.6. The van der Waals surface area contributed by atoms with Crippen LogP contribution in [0, 0.1) is 5.82 Å². The number of nitrogens with one attached hydrogen (secondary N) is 1. The third-order valence-corrected chi connectivity index (χ3v) is 7.02. The Morgan fingerprint density at radius 3 is 2.38 bits per heavy atom. The van der Waals surface area contributed by atoms with E-state index in [2.05, 4.69) is 5.10 Å². The molecule has 1 aliphatic carbocycles. The number of benzene rings is 2. The summed E-state index contributed by atoms with van der Waals surface area (Å²) in [6, 6.07) is 11.9. The van der Waals surface area contributed by atoms with Crippen LogP contribution in [0.25, 0.3) is 0 Å². The Balaban J connectivity index is 0.000000470. The minimum absolute atomic E-state index is 0.0177. The monoisotopic (exact) mass is 562 g/mol. The van der Waals surface area contributed by atoms with Crippen molar-refractivity contribution >= 4 is 35.5 Å². The molecule has 0 aromatic heterocycles. The molecule has 13 heteroatoms. The van der Waals surface area contributed by atoms with Gasteiger partial charge in [0.25, 0.3) is 5.91 Å². The first kappa shape index (κ1) is 28.9. The lowest BCUT2D eigenvalue weighted by molar-refractivity contribution is -0.854. The Labute approximate surface area is 226 Å². The lowest BCUT2D eigenvalue weighted by Crippen LogP contribution is -3.01. The number of aliphatic carboxylic acids is 1. The number of ketones is 1. The third kappa shape index (κ3) is 6.53. The summed E-state index contributed by atoms with van der Waals surface area (Å²) in [7, 11) is 0. The molecule has 40 heavy (non-hydrogen) atoms. The summed E-state index contributed by atoms with van der Waals surface area (Å²) in [5.74, 6) is -4.30. The van der Waals surface area contributed by atoms with Crippen LogP contribution < -0.4 is 10.1 Å². The summed E-state index contributed by atoms with van der Waals surface area (Å²) in [5, 5.41) is 13.8. The maximum absolute atomic E-state index is 14.6. The molecule has 0 spiro atoms. The van der Waals surface area contributed by atoms with Gasteiger partial charge in [-0.15, -0.1) is 0 Å². The zero-order chi connectivity index (χ0) is 29.0. The number of carboxylic acids is 1. The fourth-order valence-corrected chi connectivity index (χ4v) is 5.04. The van der Waals surface area contributed by atoms with Crippen molar-refractivity contribution in [2.75, 3.05) is 19.6 Å². The summed E-state index contributed by atoms with van der Waals surface area (Å²) in [5.41, 5.74) is 2.00. The molecule has 9 nitrogen and oxygen atoms in total. The molecular weight excluding hydrogens is 536 g/mol. The topological polar surface area (TPSA) is 115 Å². The fraction of sp³-hybridized carbons (Fsp3) is 0.370. The summed E-state index contributed by atoms with van der Waals surface area (Å²) in [6.07, 6.45) is 0.412. The van der Waals surface area contributed by atoms with Crippen LogP contribution >= 0.6 is 0 Å². The number of amides is 2. The molecule has 1 saturated carbocycles. The van der Waals surface area contributed by atoms with Crippen LogP contribution in [0.2, 0.25) is 0 Å². The molecule has 5 rings (SSSR count). The van der Waals surface area contributed by atoms with Gasteiger partial charge < -0.3 is 19.7 Å². The maximum atomic E-state index is 14.6. The zero-order valence-corrected chi connectivity index (χ0v) is 21.2. The highest BCUT2D eigenvalue weighted by molar-refractivity contribution is 6.36. The van der Waals surface area contributed by atoms with E-state index in [-0.39, 0.29) is 29.8 Å². The minimum Gasteiger partial charge on any atom is -0.542 e. The van der Waals surface area contributed by atoms with Crippen molar-refractivity contribution in [1.82, 2.24) is 9.80 Å². The van der Waals surface area contributed by atoms with Crippen molar-refractivity contribution in [1.29, 1.82) is 0 Å². The first-order chi connectivity index (χ1) is 19.0. The van der Waals surface area contributed by atoms with Gasteiger partial charge in [0.1, 0.15) is 31.1 Å². The van der Waals surface area contributed by atoms with E-state index in [4.69, 9.17) is 9.90 Å². The van der Waals surface area contributed by atoms with E-state index >= 15 is 0 Å². The molecule has 1 unspecified atom stereocenters. The Bertz CT molecular complexity index is 1340. The van der Waals surface area contributed by atoms with E-state index < -0.39 is 23.9 Å². The summed E-state index contributed by atoms with van der Waals surface area (Å²) in [6.45, 7) is 1.24. The highest BCUT2D eigenvalue weighted by Crippen LogP contribution is 2.25. The van der Waals surface area contributed by atoms with Crippen LogP contribution in [-0.4, -0.2) is 71.4 Å². The lowest BCUT2D eigenvalue weighted by Gasteiger charge is -2.37. The summed E-state index contributed by atoms with van der Waals surface area (Å²) >= 11 is 0. The van der Waals surface area contributed by atoms with Gasteiger partial charge in [0, 0.05) is 30.8 Å². The van der Waals surface area contributed by atoms with E-state index in [0.29, 0.717) is 35.8 Å². The van der Waals surface area contributed by atoms with Crippen molar-refractivity contribution in [3.05, 3.63) is 65.0 Å². The number of Topliss-reactive ketones (excluding diaryl/α,β-unsaturated/α-hetero) is 1. The molecule has 212 valence electrons. The third-order valence-electron chi connectivity index (χ3n) is 7.02. The van der Waals surface area contributed by atoms with Crippen molar-refractivity contribution in [3.63, 3.8) is 0 Å². The van der Waals surface area contributed by atoms with Gasteiger partial charge in [-0.1, -0.05) is 36.1 Å². The van der Waals surface area contributed by atoms with Gasteiger partial charge in [0.15, 0.2) is 5.69 Å². The van der Waals surface area contributed by atoms with E-state index in [0.717, 1.165) is 31.4 Å². The number of halogens is 4. The molecular formula is C27H26F4N4O5. The highest BCUT2D eigenvalue weighted by atomic mass is 19.4. The van der Waals surface area contributed by atoms with Crippen LogP contribution in [0.1, 0.15) is 52.0 Å². The summed E-state index contributed by atoms with van der Waals surface area (Å²) < 4.78 is 46.2. The molecule has 2 aliphatic heterocycles. The maximum Gasteiger partial charge on any atom is 0.430 e. The minimum atomic E-state index is -5.19. The van der Waals surface area contributed by atoms with Crippen molar-refractivity contribution < 1.29 is 46.9 Å². The second-order valence-corrected chi connectivity index (χ2v) is 9.64. The molecule has 2 aromatic carbocycles. The number of carboxylic acid groups (broad SMARTS) is 1. The number of carbonyl (C=O) groups is 4. The van der Waals surface area contributed by atoms with Crippen molar-refractivity contribution in [3.8, 4) is 0 Å². The van der Waals surface area contributed by atoms with Gasteiger partial charge in [0.2, 0.25) is 11.7 Å². The lowest BCUT2D eigenvalue weighted by atomic mass is 10.1. The largest absolute Gasteiger partial charge is 0.542 e. The zero-order valence-electron chi connectivity index (χ0n) is 21.2. The fourth-order valence-electron chi connectivity index (χ4n) is 5.04. The Morgan fingerprint density at radius 2 is 1.73 bits per heavy atom. The standard InChI is InChI=1S/C25H25FN4O3.C2HF3O2/c26-21-10-9-17(15-30-22-8-4-3-7-19(22)23(31)14-27-30)13-20(21)25(33)28-11-12-29(24(32)16-28)18-5-1-2-6-18;3-2(4,5)1(6)7/h3-4,7-10,13-14,18H,1-2,5-6,11-12,15-16H2;(H,6,7). The van der Waals surface area contributed by atoms with Crippen LogP contribution in [0.3, 0.4) is 0 Å². The summed E-state index contributed by atoms with van der Waals surface area (Å²) in [4.78, 5) is 50.0. The first-order valence-corrected chi connectivity index (χ1v) is 12.6. The smallest absolute Gasteiger partial charge is 0.430 e. The van der Waals surface area contributed by atoms with E-state index in [1.807, 2.05) is 17.0 Å². The van der Waals surface area contributed by atoms with Crippen molar-refractivity contribution in [2.24, 2.45) is 5.10 Å². The predicted octanol–water partition coefficient (Wildman–Crippen LogP) is 1.25. The average Bonchev–Trinajstić information content (AvgIpc) is 3.45. The van der Waals surface area contributed by atoms with Gasteiger partial charge in [-0.2, -0.15) is 18.2 Å². The Hall–Kier alpha value is -4.13.